The van der Waals surface area contributed by atoms with Gasteiger partial charge in [0.15, 0.2) is 28.9 Å². The van der Waals surface area contributed by atoms with Crippen LogP contribution in [0.15, 0.2) is 41.5 Å². The zero-order valence-electron chi connectivity index (χ0n) is 18.3. The van der Waals surface area contributed by atoms with Crippen LogP contribution in [0.3, 0.4) is 0 Å². The molecule has 0 fully saturated rings. The van der Waals surface area contributed by atoms with Crippen molar-refractivity contribution < 1.29 is 9.47 Å². The molecule has 2 aromatic heterocycles. The molecule has 1 aromatic carbocycles. The second-order valence-electron chi connectivity index (χ2n) is 7.40. The van der Waals surface area contributed by atoms with Crippen LogP contribution in [0.25, 0.3) is 5.65 Å². The summed E-state index contributed by atoms with van der Waals surface area (Å²) < 4.78 is 12.9. The van der Waals surface area contributed by atoms with Crippen molar-refractivity contribution in [1.82, 2.24) is 30.1 Å². The first-order valence-corrected chi connectivity index (χ1v) is 10.4. The molecule has 0 bridgehead atoms. The summed E-state index contributed by atoms with van der Waals surface area (Å²) in [6.45, 7) is 4.17. The van der Waals surface area contributed by atoms with Crippen molar-refractivity contribution in [2.45, 2.75) is 19.5 Å². The lowest BCUT2D eigenvalue weighted by Crippen LogP contribution is -2.42. The van der Waals surface area contributed by atoms with Crippen LogP contribution in [0.5, 0.6) is 11.5 Å². The fourth-order valence-electron chi connectivity index (χ4n) is 3.86. The summed E-state index contributed by atoms with van der Waals surface area (Å²) in [4.78, 5) is 6.75. The number of ether oxygens (including phenoxy) is 2. The molecule has 0 amide bonds. The lowest BCUT2D eigenvalue weighted by atomic mass is 9.99. The number of aromatic nitrogens is 3. The van der Waals surface area contributed by atoms with E-state index < -0.39 is 0 Å². The Morgan fingerprint density at radius 2 is 1.90 bits per heavy atom. The van der Waals surface area contributed by atoms with Crippen LogP contribution in [0.2, 0.25) is 0 Å². The van der Waals surface area contributed by atoms with Gasteiger partial charge >= 0.3 is 0 Å². The maximum absolute atomic E-state index is 5.46. The van der Waals surface area contributed by atoms with Crippen molar-refractivity contribution >= 4 is 11.6 Å². The predicted molar refractivity (Wildman–Crippen MR) is 120 cm³/mol. The molecule has 0 radical (unpaired) electrons. The number of rotatable bonds is 7. The summed E-state index contributed by atoms with van der Waals surface area (Å²) >= 11 is 0. The van der Waals surface area contributed by atoms with Crippen LogP contribution in [0.4, 0.5) is 0 Å². The third kappa shape index (κ3) is 4.72. The highest BCUT2D eigenvalue weighted by Gasteiger charge is 2.19. The molecule has 164 valence electrons. The Bertz CT molecular complexity index is 1060. The Morgan fingerprint density at radius 3 is 2.68 bits per heavy atom. The van der Waals surface area contributed by atoms with Crippen molar-refractivity contribution in [3.63, 3.8) is 0 Å². The fourth-order valence-corrected chi connectivity index (χ4v) is 3.86. The van der Waals surface area contributed by atoms with Gasteiger partial charge in [-0.15, -0.1) is 10.2 Å². The van der Waals surface area contributed by atoms with Crippen LogP contribution in [0, 0.1) is 0 Å². The number of methoxy groups -OCH3 is 2. The number of guanidine groups is 1. The van der Waals surface area contributed by atoms with Gasteiger partial charge in [-0.1, -0.05) is 6.07 Å². The van der Waals surface area contributed by atoms with E-state index >= 15 is 0 Å². The zero-order valence-corrected chi connectivity index (χ0v) is 18.3. The van der Waals surface area contributed by atoms with E-state index in [9.17, 15) is 0 Å². The van der Waals surface area contributed by atoms with Gasteiger partial charge in [-0.2, -0.15) is 0 Å². The average Bonchev–Trinajstić information content (AvgIpc) is 3.23. The van der Waals surface area contributed by atoms with Crippen LogP contribution >= 0.6 is 0 Å². The molecule has 3 heterocycles. The number of hydrogen-bond donors (Lipinski definition) is 2. The predicted octanol–water partition coefficient (Wildman–Crippen LogP) is 1.47. The Balaban J connectivity index is 1.28. The molecule has 9 nitrogen and oxygen atoms in total. The number of fused-ring (bicyclic) bond motifs is 2. The largest absolute Gasteiger partial charge is 0.493 e. The second kappa shape index (κ2) is 9.65. The van der Waals surface area contributed by atoms with Gasteiger partial charge in [0.25, 0.3) is 0 Å². The molecule has 0 saturated carbocycles. The molecule has 31 heavy (non-hydrogen) atoms. The third-order valence-electron chi connectivity index (χ3n) is 5.54. The summed E-state index contributed by atoms with van der Waals surface area (Å²) in [7, 11) is 5.13. The van der Waals surface area contributed by atoms with Crippen molar-refractivity contribution in [1.29, 1.82) is 0 Å². The number of nitrogens with zero attached hydrogens (tertiary/aromatic N) is 5. The summed E-state index contributed by atoms with van der Waals surface area (Å²) in [5.74, 6) is 3.17. The maximum atomic E-state index is 5.46. The van der Waals surface area contributed by atoms with Gasteiger partial charge in [0.05, 0.1) is 20.8 Å². The number of benzene rings is 1. The normalized spacial score (nSPS) is 14.4. The van der Waals surface area contributed by atoms with Gasteiger partial charge in [0.2, 0.25) is 0 Å². The summed E-state index contributed by atoms with van der Waals surface area (Å²) in [5.41, 5.74) is 3.46. The number of nitrogens with one attached hydrogen (secondary N) is 2. The Morgan fingerprint density at radius 1 is 1.10 bits per heavy atom. The van der Waals surface area contributed by atoms with Crippen molar-refractivity contribution in [3.05, 3.63) is 53.5 Å². The molecule has 1 aliphatic heterocycles. The second-order valence-corrected chi connectivity index (χ2v) is 7.40. The zero-order chi connectivity index (χ0) is 21.6. The first-order chi connectivity index (χ1) is 15.2. The van der Waals surface area contributed by atoms with Crippen LogP contribution in [0.1, 0.15) is 17.0 Å². The fraction of sp³-hybridized carbons (Fsp3) is 0.409. The first-order valence-electron chi connectivity index (χ1n) is 10.4. The lowest BCUT2D eigenvalue weighted by molar-refractivity contribution is 0.256. The van der Waals surface area contributed by atoms with Crippen LogP contribution < -0.4 is 20.1 Å². The molecule has 2 N–H and O–H groups in total. The Kier molecular flexibility index (Phi) is 6.51. The Labute approximate surface area is 182 Å². The number of hydrogen-bond acceptors (Lipinski definition) is 6. The smallest absolute Gasteiger partial charge is 0.191 e. The minimum atomic E-state index is 0.545. The average molecular weight is 424 g/mol. The van der Waals surface area contributed by atoms with Crippen molar-refractivity contribution in [3.8, 4) is 11.5 Å². The molecule has 0 saturated heterocycles. The highest BCUT2D eigenvalue weighted by molar-refractivity contribution is 5.79. The highest BCUT2D eigenvalue weighted by Crippen LogP contribution is 2.33. The molecule has 4 rings (SSSR count). The quantitative estimate of drug-likeness (QED) is 0.439. The number of aliphatic imine (C=N–C) groups is 1. The van der Waals surface area contributed by atoms with Crippen molar-refractivity contribution in [2.24, 2.45) is 4.99 Å². The molecular weight excluding hydrogens is 394 g/mol. The SMILES string of the molecule is CN=C(NCCN1CCc2cc(OC)c(OC)cc2C1)NCc1nnc2ccccn12. The molecule has 0 spiro atoms. The molecule has 0 atom stereocenters. The van der Waals surface area contributed by atoms with Gasteiger partial charge < -0.3 is 20.1 Å². The lowest BCUT2D eigenvalue weighted by Gasteiger charge is -2.29. The van der Waals surface area contributed by atoms with Crippen LogP contribution in [-0.2, 0) is 19.5 Å². The van der Waals surface area contributed by atoms with Gasteiger partial charge in [0, 0.05) is 39.4 Å². The van der Waals surface area contributed by atoms with E-state index in [1.165, 1.54) is 11.1 Å². The van der Waals surface area contributed by atoms with E-state index in [2.05, 4.69) is 42.9 Å². The molecule has 3 aromatic rings. The third-order valence-corrected chi connectivity index (χ3v) is 5.54. The van der Waals surface area contributed by atoms with E-state index in [-0.39, 0.29) is 0 Å². The van der Waals surface area contributed by atoms with Gasteiger partial charge in [-0.05, 0) is 41.8 Å². The monoisotopic (exact) mass is 423 g/mol. The molecule has 1 aliphatic rings. The topological polar surface area (TPSA) is 88.3 Å². The summed E-state index contributed by atoms with van der Waals surface area (Å²) in [6, 6.07) is 10.1. The molecule has 9 heteroatoms. The summed E-state index contributed by atoms with van der Waals surface area (Å²) in [5, 5.41) is 15.1. The van der Waals surface area contributed by atoms with Crippen LogP contribution in [-0.4, -0.2) is 66.4 Å². The van der Waals surface area contributed by atoms with Gasteiger partial charge in [0.1, 0.15) is 0 Å². The first kappa shape index (κ1) is 20.9. The van der Waals surface area contributed by atoms with E-state index in [1.54, 1.807) is 21.3 Å². The summed E-state index contributed by atoms with van der Waals surface area (Å²) in [6.07, 6.45) is 2.96. The molecule has 0 unspecified atom stereocenters. The van der Waals surface area contributed by atoms with Gasteiger partial charge in [-0.3, -0.25) is 14.3 Å². The standard InChI is InChI=1S/C22H29N7O2/c1-23-22(25-14-21-27-26-20-6-4-5-9-29(20)21)24-8-11-28-10-7-16-12-18(30-2)19(31-3)13-17(16)15-28/h4-6,9,12-13H,7-8,10-11,14-15H2,1-3H3,(H2,23,24,25). The van der Waals surface area contributed by atoms with Crippen molar-refractivity contribution in [2.75, 3.05) is 40.9 Å². The van der Waals surface area contributed by atoms with E-state index in [1.807, 2.05) is 28.8 Å². The molecule has 0 aliphatic carbocycles. The molecular formula is C22H29N7O2. The highest BCUT2D eigenvalue weighted by atomic mass is 16.5. The van der Waals surface area contributed by atoms with E-state index in [0.29, 0.717) is 6.54 Å². The van der Waals surface area contributed by atoms with E-state index in [4.69, 9.17) is 9.47 Å². The van der Waals surface area contributed by atoms with E-state index in [0.717, 1.165) is 61.5 Å². The maximum Gasteiger partial charge on any atom is 0.191 e. The minimum absolute atomic E-state index is 0.545. The minimum Gasteiger partial charge on any atom is -0.493 e. The Hall–Kier alpha value is -3.33. The number of pyridine rings is 1. The van der Waals surface area contributed by atoms with Gasteiger partial charge in [-0.25, -0.2) is 0 Å².